The number of carbonyl (C=O) groups excluding carboxylic acids is 1. The second-order valence-electron chi connectivity index (χ2n) is 2.76. The molecule has 0 saturated carbocycles. The number of thioether (sulfide) groups is 1. The van der Waals surface area contributed by atoms with Crippen molar-refractivity contribution in [2.24, 2.45) is 0 Å². The summed E-state index contributed by atoms with van der Waals surface area (Å²) in [7, 11) is 0. The monoisotopic (exact) mass is 167 g/mol. The molecule has 0 spiro atoms. The molecular formula is C8H9NOS. The standard InChI is InChI=1S/C8H9NOS/c10-5-7-3-6-4-9-2-1-8(6)11-7/h3,8-9H,1-2,4H2. The van der Waals surface area contributed by atoms with Crippen LogP contribution in [0.1, 0.15) is 6.42 Å². The summed E-state index contributed by atoms with van der Waals surface area (Å²) >= 11 is 1.66. The van der Waals surface area contributed by atoms with Crippen LogP contribution in [0.15, 0.2) is 16.6 Å². The Morgan fingerprint density at radius 3 is 3.36 bits per heavy atom. The van der Waals surface area contributed by atoms with E-state index in [1.165, 1.54) is 5.57 Å². The highest BCUT2D eigenvalue weighted by Gasteiger charge is 2.25. The third-order valence-electron chi connectivity index (χ3n) is 2.01. The molecular weight excluding hydrogens is 158 g/mol. The van der Waals surface area contributed by atoms with Crippen molar-refractivity contribution >= 4 is 17.7 Å². The maximum Gasteiger partial charge on any atom is 0.139 e. The van der Waals surface area contributed by atoms with Gasteiger partial charge >= 0.3 is 0 Å². The Balaban J connectivity index is 2.22. The molecule has 0 aromatic heterocycles. The summed E-state index contributed by atoms with van der Waals surface area (Å²) in [6, 6.07) is 0. The number of fused-ring (bicyclic) bond motifs is 1. The fourth-order valence-corrected chi connectivity index (χ4v) is 2.57. The third kappa shape index (κ3) is 1.27. The van der Waals surface area contributed by atoms with Crippen molar-refractivity contribution in [3.05, 3.63) is 16.6 Å². The van der Waals surface area contributed by atoms with Crippen molar-refractivity contribution in [2.45, 2.75) is 11.7 Å². The van der Waals surface area contributed by atoms with E-state index in [-0.39, 0.29) is 0 Å². The van der Waals surface area contributed by atoms with E-state index in [0.717, 1.165) is 24.4 Å². The minimum Gasteiger partial charge on any atom is -0.313 e. The number of hydrogen-bond donors (Lipinski definition) is 1. The molecule has 1 N–H and O–H groups in total. The molecule has 1 saturated heterocycles. The predicted octanol–water partition coefficient (Wildman–Crippen LogP) is 0.737. The lowest BCUT2D eigenvalue weighted by atomic mass is 10.1. The molecule has 3 heteroatoms. The van der Waals surface area contributed by atoms with Crippen molar-refractivity contribution in [1.29, 1.82) is 0 Å². The van der Waals surface area contributed by atoms with Gasteiger partial charge in [-0.2, -0.15) is 0 Å². The highest BCUT2D eigenvalue weighted by atomic mass is 32.2. The van der Waals surface area contributed by atoms with Crippen LogP contribution in [0, 0.1) is 0 Å². The van der Waals surface area contributed by atoms with E-state index in [9.17, 15) is 4.79 Å². The SMILES string of the molecule is O=C=C1C=C2CNCCC2S1. The predicted molar refractivity (Wildman–Crippen MR) is 46.2 cm³/mol. The van der Waals surface area contributed by atoms with Crippen LogP contribution in [0.25, 0.3) is 0 Å². The minimum atomic E-state index is 0.563. The first-order chi connectivity index (χ1) is 5.40. The van der Waals surface area contributed by atoms with Gasteiger partial charge in [-0.1, -0.05) is 0 Å². The average molecular weight is 167 g/mol. The smallest absolute Gasteiger partial charge is 0.139 e. The van der Waals surface area contributed by atoms with Gasteiger partial charge in [0, 0.05) is 11.8 Å². The molecule has 11 heavy (non-hydrogen) atoms. The number of piperidine rings is 1. The van der Waals surface area contributed by atoms with Crippen molar-refractivity contribution in [3.8, 4) is 0 Å². The van der Waals surface area contributed by atoms with Crippen molar-refractivity contribution in [2.75, 3.05) is 13.1 Å². The van der Waals surface area contributed by atoms with Crippen LogP contribution in [-0.2, 0) is 4.79 Å². The van der Waals surface area contributed by atoms with Crippen LogP contribution in [0.5, 0.6) is 0 Å². The van der Waals surface area contributed by atoms with E-state index in [1.807, 2.05) is 12.0 Å². The summed E-state index contributed by atoms with van der Waals surface area (Å²) in [5.41, 5.74) is 1.36. The quantitative estimate of drug-likeness (QED) is 0.539. The molecule has 0 radical (unpaired) electrons. The Morgan fingerprint density at radius 1 is 1.73 bits per heavy atom. The van der Waals surface area contributed by atoms with Crippen LogP contribution < -0.4 is 5.32 Å². The van der Waals surface area contributed by atoms with Gasteiger partial charge in [0.25, 0.3) is 0 Å². The number of allylic oxidation sites excluding steroid dienone is 1. The van der Waals surface area contributed by atoms with E-state index in [1.54, 1.807) is 11.8 Å². The van der Waals surface area contributed by atoms with Crippen LogP contribution in [0.2, 0.25) is 0 Å². The molecule has 0 aliphatic carbocycles. The third-order valence-corrected chi connectivity index (χ3v) is 3.29. The average Bonchev–Trinajstić information content (AvgIpc) is 2.46. The molecule has 1 unspecified atom stereocenters. The van der Waals surface area contributed by atoms with Gasteiger partial charge in [-0.3, -0.25) is 0 Å². The molecule has 1 atom stereocenters. The van der Waals surface area contributed by atoms with E-state index >= 15 is 0 Å². The second kappa shape index (κ2) is 2.86. The molecule has 2 rings (SSSR count). The lowest BCUT2D eigenvalue weighted by Gasteiger charge is -2.19. The van der Waals surface area contributed by atoms with Gasteiger partial charge in [-0.05, 0) is 24.6 Å². The Morgan fingerprint density at radius 2 is 2.64 bits per heavy atom. The summed E-state index contributed by atoms with van der Waals surface area (Å²) in [5, 5.41) is 3.84. The molecule has 2 nitrogen and oxygen atoms in total. The topological polar surface area (TPSA) is 29.1 Å². The summed E-state index contributed by atoms with van der Waals surface area (Å²) in [6.45, 7) is 2.02. The first-order valence-corrected chi connectivity index (χ1v) is 4.61. The van der Waals surface area contributed by atoms with Gasteiger partial charge in [-0.15, -0.1) is 11.8 Å². The van der Waals surface area contributed by atoms with Gasteiger partial charge in [0.1, 0.15) is 5.94 Å². The fraction of sp³-hybridized carbons (Fsp3) is 0.500. The normalized spacial score (nSPS) is 29.3. The van der Waals surface area contributed by atoms with Gasteiger partial charge in [0.2, 0.25) is 0 Å². The van der Waals surface area contributed by atoms with Gasteiger partial charge in [0.05, 0.1) is 4.91 Å². The summed E-state index contributed by atoms with van der Waals surface area (Å²) in [5.74, 6) is 1.95. The first-order valence-electron chi connectivity index (χ1n) is 3.73. The Hall–Kier alpha value is -0.500. The van der Waals surface area contributed by atoms with Crippen LogP contribution >= 0.6 is 11.8 Å². The number of rotatable bonds is 0. The van der Waals surface area contributed by atoms with Gasteiger partial charge in [0.15, 0.2) is 0 Å². The molecule has 0 aromatic carbocycles. The van der Waals surface area contributed by atoms with E-state index in [2.05, 4.69) is 5.32 Å². The van der Waals surface area contributed by atoms with Crippen LogP contribution in [0.3, 0.4) is 0 Å². The summed E-state index contributed by atoms with van der Waals surface area (Å²) in [6.07, 6.45) is 3.11. The van der Waals surface area contributed by atoms with E-state index in [0.29, 0.717) is 5.25 Å². The molecule has 0 aromatic rings. The summed E-state index contributed by atoms with van der Waals surface area (Å²) < 4.78 is 0. The lowest BCUT2D eigenvalue weighted by Crippen LogP contribution is -2.30. The lowest BCUT2D eigenvalue weighted by molar-refractivity contribution is 0.568. The highest BCUT2D eigenvalue weighted by Crippen LogP contribution is 2.37. The largest absolute Gasteiger partial charge is 0.313 e. The summed E-state index contributed by atoms with van der Waals surface area (Å²) in [4.78, 5) is 11.1. The fourth-order valence-electron chi connectivity index (χ4n) is 1.45. The molecule has 2 aliphatic heterocycles. The van der Waals surface area contributed by atoms with E-state index < -0.39 is 0 Å². The zero-order chi connectivity index (χ0) is 7.68. The minimum absolute atomic E-state index is 0.563. The van der Waals surface area contributed by atoms with Gasteiger partial charge < -0.3 is 5.32 Å². The number of hydrogen-bond acceptors (Lipinski definition) is 3. The Kier molecular flexibility index (Phi) is 1.86. The highest BCUT2D eigenvalue weighted by molar-refractivity contribution is 8.04. The Bertz CT molecular complexity index is 253. The molecule has 1 fully saturated rings. The molecule has 0 bridgehead atoms. The van der Waals surface area contributed by atoms with Crippen LogP contribution in [0.4, 0.5) is 0 Å². The van der Waals surface area contributed by atoms with Crippen molar-refractivity contribution in [3.63, 3.8) is 0 Å². The zero-order valence-corrected chi connectivity index (χ0v) is 6.91. The second-order valence-corrected chi connectivity index (χ2v) is 4.00. The number of nitrogens with one attached hydrogen (secondary N) is 1. The van der Waals surface area contributed by atoms with Gasteiger partial charge in [-0.25, -0.2) is 4.79 Å². The van der Waals surface area contributed by atoms with Crippen molar-refractivity contribution in [1.82, 2.24) is 5.32 Å². The molecule has 58 valence electrons. The molecule has 2 heterocycles. The maximum atomic E-state index is 10.3. The molecule has 0 amide bonds. The Labute approximate surface area is 69.7 Å². The zero-order valence-electron chi connectivity index (χ0n) is 6.09. The van der Waals surface area contributed by atoms with Crippen molar-refractivity contribution < 1.29 is 4.79 Å². The van der Waals surface area contributed by atoms with Crippen LogP contribution in [-0.4, -0.2) is 24.3 Å². The first kappa shape index (κ1) is 7.17. The molecule has 2 aliphatic rings. The maximum absolute atomic E-state index is 10.3. The van der Waals surface area contributed by atoms with E-state index in [4.69, 9.17) is 0 Å².